The first-order valence-corrected chi connectivity index (χ1v) is 6.51. The number of nitrogens with zero attached hydrogens (tertiary/aromatic N) is 1. The van der Waals surface area contributed by atoms with Gasteiger partial charge in [0.15, 0.2) is 0 Å². The van der Waals surface area contributed by atoms with Crippen molar-refractivity contribution in [2.75, 3.05) is 24.6 Å². The van der Waals surface area contributed by atoms with Gasteiger partial charge in [0.1, 0.15) is 18.1 Å². The fraction of sp³-hybridized carbons (Fsp3) is 0.250. The molecule has 100 valence electrons. The van der Waals surface area contributed by atoms with E-state index in [0.29, 0.717) is 12.4 Å². The van der Waals surface area contributed by atoms with E-state index in [2.05, 4.69) is 24.0 Å². The van der Waals surface area contributed by atoms with Crippen molar-refractivity contribution in [3.63, 3.8) is 0 Å². The van der Waals surface area contributed by atoms with Crippen LogP contribution in [0.15, 0.2) is 54.6 Å². The average Bonchev–Trinajstić information content (AvgIpc) is 2.45. The Kier molecular flexibility index (Phi) is 4.67. The second-order valence-electron chi connectivity index (χ2n) is 4.26. The fourth-order valence-corrected chi connectivity index (χ4v) is 1.96. The van der Waals surface area contributed by atoms with Crippen LogP contribution in [0.1, 0.15) is 6.92 Å². The van der Waals surface area contributed by atoms with Gasteiger partial charge in [-0.15, -0.1) is 0 Å². The summed E-state index contributed by atoms with van der Waals surface area (Å²) in [6.07, 6.45) is 0. The Morgan fingerprint density at radius 1 is 1.05 bits per heavy atom. The lowest BCUT2D eigenvalue weighted by Crippen LogP contribution is -2.27. The van der Waals surface area contributed by atoms with Gasteiger partial charge in [0.05, 0.1) is 6.54 Å². The van der Waals surface area contributed by atoms with E-state index in [1.54, 1.807) is 18.2 Å². The minimum absolute atomic E-state index is 0.230. The summed E-state index contributed by atoms with van der Waals surface area (Å²) in [4.78, 5) is 2.25. The van der Waals surface area contributed by atoms with E-state index in [1.807, 2.05) is 24.3 Å². The number of para-hydroxylation sites is 1. The van der Waals surface area contributed by atoms with Crippen molar-refractivity contribution in [2.45, 2.75) is 6.92 Å². The molecular formula is C16H19NO2. The molecule has 0 aromatic heterocycles. The summed E-state index contributed by atoms with van der Waals surface area (Å²) in [6.45, 7) is 4.47. The lowest BCUT2D eigenvalue weighted by atomic mass is 10.3. The first-order chi connectivity index (χ1) is 9.29. The van der Waals surface area contributed by atoms with Crippen LogP contribution in [-0.4, -0.2) is 24.8 Å². The van der Waals surface area contributed by atoms with E-state index in [-0.39, 0.29) is 5.75 Å². The molecule has 0 aliphatic rings. The monoisotopic (exact) mass is 257 g/mol. The number of anilines is 1. The highest BCUT2D eigenvalue weighted by atomic mass is 16.5. The van der Waals surface area contributed by atoms with Crippen molar-refractivity contribution in [3.05, 3.63) is 54.6 Å². The highest BCUT2D eigenvalue weighted by molar-refractivity contribution is 5.45. The lowest BCUT2D eigenvalue weighted by molar-refractivity contribution is 0.322. The van der Waals surface area contributed by atoms with Crippen LogP contribution < -0.4 is 9.64 Å². The van der Waals surface area contributed by atoms with Crippen LogP contribution in [0, 0.1) is 0 Å². The van der Waals surface area contributed by atoms with Crippen LogP contribution >= 0.6 is 0 Å². The van der Waals surface area contributed by atoms with Gasteiger partial charge in [-0.25, -0.2) is 0 Å². The van der Waals surface area contributed by atoms with Crippen molar-refractivity contribution in [1.29, 1.82) is 0 Å². The van der Waals surface area contributed by atoms with E-state index in [9.17, 15) is 5.11 Å². The van der Waals surface area contributed by atoms with Crippen LogP contribution in [0.2, 0.25) is 0 Å². The van der Waals surface area contributed by atoms with Crippen LogP contribution in [-0.2, 0) is 0 Å². The van der Waals surface area contributed by atoms with Gasteiger partial charge >= 0.3 is 0 Å². The number of aromatic hydroxyl groups is 1. The summed E-state index contributed by atoms with van der Waals surface area (Å²) in [5.74, 6) is 0.928. The third kappa shape index (κ3) is 3.91. The highest BCUT2D eigenvalue weighted by Crippen LogP contribution is 2.18. The maximum Gasteiger partial charge on any atom is 0.123 e. The number of hydrogen-bond acceptors (Lipinski definition) is 3. The number of phenols is 1. The lowest BCUT2D eigenvalue weighted by Gasteiger charge is -2.23. The van der Waals surface area contributed by atoms with Gasteiger partial charge in [-0.3, -0.25) is 0 Å². The Morgan fingerprint density at radius 2 is 1.84 bits per heavy atom. The molecule has 0 aliphatic carbocycles. The Bertz CT molecular complexity index is 499. The van der Waals surface area contributed by atoms with Crippen LogP contribution in [0.25, 0.3) is 0 Å². The van der Waals surface area contributed by atoms with Crippen molar-refractivity contribution >= 4 is 5.69 Å². The Labute approximate surface area is 114 Å². The van der Waals surface area contributed by atoms with E-state index in [0.717, 1.165) is 13.1 Å². The molecule has 0 heterocycles. The van der Waals surface area contributed by atoms with Crippen molar-refractivity contribution < 1.29 is 9.84 Å². The highest BCUT2D eigenvalue weighted by Gasteiger charge is 2.03. The van der Waals surface area contributed by atoms with Gasteiger partial charge in [-0.2, -0.15) is 0 Å². The van der Waals surface area contributed by atoms with E-state index < -0.39 is 0 Å². The number of hydrogen-bond donors (Lipinski definition) is 1. The van der Waals surface area contributed by atoms with E-state index >= 15 is 0 Å². The third-order valence-electron chi connectivity index (χ3n) is 2.95. The maximum absolute atomic E-state index is 9.36. The predicted octanol–water partition coefficient (Wildman–Crippen LogP) is 3.30. The molecule has 2 aromatic carbocycles. The molecule has 0 fully saturated rings. The molecule has 1 N–H and O–H groups in total. The smallest absolute Gasteiger partial charge is 0.123 e. The molecule has 0 atom stereocenters. The van der Waals surface area contributed by atoms with Crippen LogP contribution in [0.5, 0.6) is 11.5 Å². The molecule has 0 amide bonds. The number of likely N-dealkylation sites (N-methyl/N-ethyl adjacent to an activating group) is 1. The number of benzene rings is 2. The standard InChI is InChI=1S/C16H19NO2/c1-2-17(14-7-4-3-5-8-14)11-12-19-16-10-6-9-15(18)13-16/h3-10,13,18H,2,11-12H2,1H3. The number of rotatable bonds is 6. The summed E-state index contributed by atoms with van der Waals surface area (Å²) < 4.78 is 5.64. The third-order valence-corrected chi connectivity index (χ3v) is 2.95. The zero-order valence-electron chi connectivity index (χ0n) is 11.1. The topological polar surface area (TPSA) is 32.7 Å². The molecule has 3 nitrogen and oxygen atoms in total. The molecular weight excluding hydrogens is 238 g/mol. The van der Waals surface area contributed by atoms with Crippen LogP contribution in [0.3, 0.4) is 0 Å². The molecule has 0 saturated heterocycles. The van der Waals surface area contributed by atoms with Crippen molar-refractivity contribution in [1.82, 2.24) is 0 Å². The Morgan fingerprint density at radius 3 is 2.53 bits per heavy atom. The van der Waals surface area contributed by atoms with Crippen molar-refractivity contribution in [2.24, 2.45) is 0 Å². The Balaban J connectivity index is 1.87. The number of ether oxygens (including phenoxy) is 1. The SMILES string of the molecule is CCN(CCOc1cccc(O)c1)c1ccccc1. The average molecular weight is 257 g/mol. The minimum atomic E-state index is 0.230. The molecule has 2 aromatic rings. The van der Waals surface area contributed by atoms with Gasteiger partial charge < -0.3 is 14.7 Å². The molecule has 0 saturated carbocycles. The van der Waals surface area contributed by atoms with Gasteiger partial charge in [0, 0.05) is 18.3 Å². The summed E-state index contributed by atoms with van der Waals surface area (Å²) in [5, 5.41) is 9.36. The fourth-order valence-electron chi connectivity index (χ4n) is 1.96. The molecule has 2 rings (SSSR count). The normalized spacial score (nSPS) is 10.2. The largest absolute Gasteiger partial charge is 0.508 e. The molecule has 0 unspecified atom stereocenters. The first kappa shape index (κ1) is 13.3. The summed E-state index contributed by atoms with van der Waals surface area (Å²) >= 11 is 0. The molecule has 0 spiro atoms. The first-order valence-electron chi connectivity index (χ1n) is 6.51. The molecule has 19 heavy (non-hydrogen) atoms. The number of phenolic OH excluding ortho intramolecular Hbond substituents is 1. The minimum Gasteiger partial charge on any atom is -0.508 e. The van der Waals surface area contributed by atoms with Crippen LogP contribution in [0.4, 0.5) is 5.69 Å². The second-order valence-corrected chi connectivity index (χ2v) is 4.26. The summed E-state index contributed by atoms with van der Waals surface area (Å²) in [5.41, 5.74) is 1.20. The van der Waals surface area contributed by atoms with E-state index in [1.165, 1.54) is 5.69 Å². The quantitative estimate of drug-likeness (QED) is 0.862. The van der Waals surface area contributed by atoms with Crippen molar-refractivity contribution in [3.8, 4) is 11.5 Å². The summed E-state index contributed by atoms with van der Waals surface area (Å²) in [6, 6.07) is 17.2. The Hall–Kier alpha value is -2.16. The molecule has 0 bridgehead atoms. The maximum atomic E-state index is 9.36. The second kappa shape index (κ2) is 6.69. The van der Waals surface area contributed by atoms with Gasteiger partial charge in [0.2, 0.25) is 0 Å². The molecule has 0 aliphatic heterocycles. The van der Waals surface area contributed by atoms with Gasteiger partial charge in [-0.05, 0) is 31.2 Å². The van der Waals surface area contributed by atoms with E-state index in [4.69, 9.17) is 4.74 Å². The van der Waals surface area contributed by atoms with Gasteiger partial charge in [0.25, 0.3) is 0 Å². The predicted molar refractivity (Wildman–Crippen MR) is 77.9 cm³/mol. The zero-order valence-corrected chi connectivity index (χ0v) is 11.1. The van der Waals surface area contributed by atoms with Gasteiger partial charge in [-0.1, -0.05) is 24.3 Å². The zero-order chi connectivity index (χ0) is 13.5. The molecule has 0 radical (unpaired) electrons. The molecule has 3 heteroatoms. The summed E-state index contributed by atoms with van der Waals surface area (Å²) in [7, 11) is 0.